The molecule has 1 aliphatic heterocycles. The van der Waals surface area contributed by atoms with Gasteiger partial charge >= 0.3 is 0 Å². The first-order chi connectivity index (χ1) is 7.00. The summed E-state index contributed by atoms with van der Waals surface area (Å²) in [6.07, 6.45) is 0. The van der Waals surface area contributed by atoms with Gasteiger partial charge in [-0.1, -0.05) is 19.9 Å². The van der Waals surface area contributed by atoms with Crippen molar-refractivity contribution in [3.63, 3.8) is 0 Å². The van der Waals surface area contributed by atoms with Crippen molar-refractivity contribution in [3.8, 4) is 0 Å². The molecule has 0 amide bonds. The summed E-state index contributed by atoms with van der Waals surface area (Å²) in [5.74, 6) is -1.27. The van der Waals surface area contributed by atoms with E-state index in [-0.39, 0.29) is 11.3 Å². The van der Waals surface area contributed by atoms with E-state index in [0.717, 1.165) is 18.7 Å². The van der Waals surface area contributed by atoms with Gasteiger partial charge in [-0.3, -0.25) is 0 Å². The third-order valence-corrected chi connectivity index (χ3v) is 3.22. The van der Waals surface area contributed by atoms with Crippen LogP contribution >= 0.6 is 0 Å². The maximum absolute atomic E-state index is 13.1. The Bertz CT molecular complexity index is 374. The molecule has 0 spiro atoms. The van der Waals surface area contributed by atoms with E-state index in [1.807, 2.05) is 0 Å². The number of benzene rings is 1. The van der Waals surface area contributed by atoms with Gasteiger partial charge in [-0.15, -0.1) is 0 Å². The topological polar surface area (TPSA) is 12.0 Å². The molecule has 1 aromatic carbocycles. The molecule has 1 heterocycles. The van der Waals surface area contributed by atoms with E-state index in [1.165, 1.54) is 12.1 Å². The van der Waals surface area contributed by atoms with Crippen molar-refractivity contribution in [1.29, 1.82) is 0 Å². The first-order valence-corrected chi connectivity index (χ1v) is 5.16. The molecule has 1 aromatic rings. The van der Waals surface area contributed by atoms with Gasteiger partial charge in [-0.25, -0.2) is 8.78 Å². The summed E-state index contributed by atoms with van der Waals surface area (Å²) in [7, 11) is 0. The van der Waals surface area contributed by atoms with Crippen LogP contribution in [0.4, 0.5) is 8.78 Å². The predicted molar refractivity (Wildman–Crippen MR) is 55.7 cm³/mol. The highest BCUT2D eigenvalue weighted by Gasteiger charge is 2.35. The molecule has 1 fully saturated rings. The summed E-state index contributed by atoms with van der Waals surface area (Å²) in [6.45, 7) is 6.02. The van der Waals surface area contributed by atoms with Gasteiger partial charge in [0.05, 0.1) is 0 Å². The van der Waals surface area contributed by atoms with Crippen molar-refractivity contribution < 1.29 is 8.78 Å². The predicted octanol–water partition coefficient (Wildman–Crippen LogP) is 2.68. The largest absolute Gasteiger partial charge is 0.316 e. The lowest BCUT2D eigenvalue weighted by molar-refractivity contribution is 0.361. The standard InChI is InChI=1S/C12H15F2N/c1-12(2)7-15-6-9(12)8-3-4-10(13)11(14)5-8/h3-5,9,15H,6-7H2,1-2H3. The highest BCUT2D eigenvalue weighted by atomic mass is 19.2. The number of hydrogen-bond donors (Lipinski definition) is 1. The van der Waals surface area contributed by atoms with Gasteiger partial charge < -0.3 is 5.32 Å². The monoisotopic (exact) mass is 211 g/mol. The second-order valence-electron chi connectivity index (χ2n) is 4.85. The molecule has 3 heteroatoms. The van der Waals surface area contributed by atoms with Crippen molar-refractivity contribution in [2.24, 2.45) is 5.41 Å². The van der Waals surface area contributed by atoms with Crippen LogP contribution in [0.25, 0.3) is 0 Å². The lowest BCUT2D eigenvalue weighted by Gasteiger charge is -2.26. The van der Waals surface area contributed by atoms with E-state index in [1.54, 1.807) is 6.07 Å². The molecule has 0 aliphatic carbocycles. The quantitative estimate of drug-likeness (QED) is 0.753. The first kappa shape index (κ1) is 10.6. The fourth-order valence-corrected chi connectivity index (χ4v) is 2.24. The summed E-state index contributed by atoms with van der Waals surface area (Å²) in [5.41, 5.74) is 0.980. The summed E-state index contributed by atoms with van der Waals surface area (Å²) in [4.78, 5) is 0. The molecule has 1 saturated heterocycles. The van der Waals surface area contributed by atoms with Gasteiger partial charge in [0, 0.05) is 19.0 Å². The van der Waals surface area contributed by atoms with Crippen LogP contribution in [0.15, 0.2) is 18.2 Å². The van der Waals surface area contributed by atoms with E-state index in [9.17, 15) is 8.78 Å². The zero-order valence-electron chi connectivity index (χ0n) is 8.98. The van der Waals surface area contributed by atoms with Gasteiger partial charge in [-0.05, 0) is 23.1 Å². The zero-order chi connectivity index (χ0) is 11.1. The molecule has 1 nitrogen and oxygen atoms in total. The summed E-state index contributed by atoms with van der Waals surface area (Å²) < 4.78 is 25.9. The van der Waals surface area contributed by atoms with Gasteiger partial charge in [0.25, 0.3) is 0 Å². The minimum atomic E-state index is -0.775. The van der Waals surface area contributed by atoms with E-state index < -0.39 is 11.6 Å². The molecular formula is C12H15F2N. The van der Waals surface area contributed by atoms with Crippen LogP contribution in [0.2, 0.25) is 0 Å². The number of hydrogen-bond acceptors (Lipinski definition) is 1. The Morgan fingerprint density at radius 3 is 2.53 bits per heavy atom. The molecule has 1 atom stereocenters. The Kier molecular flexibility index (Phi) is 2.51. The highest BCUT2D eigenvalue weighted by Crippen LogP contribution is 2.38. The lowest BCUT2D eigenvalue weighted by atomic mass is 9.78. The second-order valence-corrected chi connectivity index (χ2v) is 4.85. The molecule has 0 aromatic heterocycles. The Hall–Kier alpha value is -0.960. The molecule has 82 valence electrons. The Morgan fingerprint density at radius 1 is 1.27 bits per heavy atom. The number of rotatable bonds is 1. The molecule has 1 aliphatic rings. The smallest absolute Gasteiger partial charge is 0.159 e. The van der Waals surface area contributed by atoms with Crippen LogP contribution in [-0.2, 0) is 0 Å². The van der Waals surface area contributed by atoms with E-state index in [0.29, 0.717) is 0 Å². The van der Waals surface area contributed by atoms with Crippen LogP contribution in [0.1, 0.15) is 25.3 Å². The first-order valence-electron chi connectivity index (χ1n) is 5.16. The Labute approximate surface area is 88.5 Å². The molecule has 0 radical (unpaired) electrons. The number of halogens is 2. The van der Waals surface area contributed by atoms with Gasteiger partial charge in [-0.2, -0.15) is 0 Å². The molecule has 2 rings (SSSR count). The van der Waals surface area contributed by atoms with Gasteiger partial charge in [0.15, 0.2) is 11.6 Å². The summed E-state index contributed by atoms with van der Waals surface area (Å²) in [6, 6.07) is 4.20. The maximum atomic E-state index is 13.1. The third kappa shape index (κ3) is 1.88. The van der Waals surface area contributed by atoms with Crippen molar-refractivity contribution in [2.45, 2.75) is 19.8 Å². The average molecular weight is 211 g/mol. The highest BCUT2D eigenvalue weighted by molar-refractivity contribution is 5.25. The lowest BCUT2D eigenvalue weighted by Crippen LogP contribution is -2.20. The van der Waals surface area contributed by atoms with Crippen LogP contribution in [0.3, 0.4) is 0 Å². The normalized spacial score (nSPS) is 24.4. The zero-order valence-corrected chi connectivity index (χ0v) is 8.98. The van der Waals surface area contributed by atoms with Crippen LogP contribution in [0.5, 0.6) is 0 Å². The Morgan fingerprint density at radius 2 is 2.00 bits per heavy atom. The van der Waals surface area contributed by atoms with Gasteiger partial charge in [0.2, 0.25) is 0 Å². The SMILES string of the molecule is CC1(C)CNCC1c1ccc(F)c(F)c1. The summed E-state index contributed by atoms with van der Waals surface area (Å²) >= 11 is 0. The van der Waals surface area contributed by atoms with Crippen LogP contribution in [-0.4, -0.2) is 13.1 Å². The fourth-order valence-electron chi connectivity index (χ4n) is 2.24. The van der Waals surface area contributed by atoms with Crippen molar-refractivity contribution in [2.75, 3.05) is 13.1 Å². The molecule has 0 bridgehead atoms. The average Bonchev–Trinajstić information content (AvgIpc) is 2.50. The maximum Gasteiger partial charge on any atom is 0.159 e. The van der Waals surface area contributed by atoms with E-state index >= 15 is 0 Å². The van der Waals surface area contributed by atoms with Crippen molar-refractivity contribution >= 4 is 0 Å². The molecule has 1 unspecified atom stereocenters. The van der Waals surface area contributed by atoms with E-state index in [2.05, 4.69) is 19.2 Å². The van der Waals surface area contributed by atoms with Crippen molar-refractivity contribution in [1.82, 2.24) is 5.32 Å². The molecule has 0 saturated carbocycles. The molecule has 1 N–H and O–H groups in total. The third-order valence-electron chi connectivity index (χ3n) is 3.22. The molecular weight excluding hydrogens is 196 g/mol. The number of nitrogens with one attached hydrogen (secondary N) is 1. The van der Waals surface area contributed by atoms with Crippen molar-refractivity contribution in [3.05, 3.63) is 35.4 Å². The minimum absolute atomic E-state index is 0.101. The van der Waals surface area contributed by atoms with Gasteiger partial charge in [0.1, 0.15) is 0 Å². The molecule has 15 heavy (non-hydrogen) atoms. The summed E-state index contributed by atoms with van der Waals surface area (Å²) in [5, 5.41) is 3.28. The Balaban J connectivity index is 2.33. The second kappa shape index (κ2) is 3.56. The van der Waals surface area contributed by atoms with Crippen LogP contribution < -0.4 is 5.32 Å². The van der Waals surface area contributed by atoms with Crippen LogP contribution in [0, 0.1) is 17.0 Å². The minimum Gasteiger partial charge on any atom is -0.316 e. The van der Waals surface area contributed by atoms with E-state index in [4.69, 9.17) is 0 Å². The fraction of sp³-hybridized carbons (Fsp3) is 0.500.